The number of para-hydroxylation sites is 3. The molecule has 1 saturated carbocycles. The van der Waals surface area contributed by atoms with E-state index in [9.17, 15) is 0 Å². The highest BCUT2D eigenvalue weighted by Gasteiger charge is 2.57. The first-order valence-electron chi connectivity index (χ1n) is 23.4. The molecular weight excluding hydrogens is 762 g/mol. The van der Waals surface area contributed by atoms with Crippen LogP contribution in [0.15, 0.2) is 148 Å². The van der Waals surface area contributed by atoms with Crippen molar-refractivity contribution in [1.82, 2.24) is 9.88 Å². The summed E-state index contributed by atoms with van der Waals surface area (Å²) < 4.78 is 23.8. The number of nitrogens with one attached hydrogen (secondary N) is 1. The lowest BCUT2D eigenvalue weighted by Gasteiger charge is -2.51. The van der Waals surface area contributed by atoms with Gasteiger partial charge in [0.1, 0.15) is 29.5 Å². The SMILES string of the molecule is C1=Cc2c(c3ccccc3n2-c2cc3c4c(c2)N(c2ccccc2)C2N=C5OC6C=C(NC7CCCCC7)C=C7OC8=C(CCCC8)B(C5=CC2B4c2ccccc2O3)C76)CC1. The Labute approximate surface area is 363 Å². The van der Waals surface area contributed by atoms with Crippen LogP contribution in [0.2, 0.25) is 11.6 Å². The fourth-order valence-electron chi connectivity index (χ4n) is 12.9. The molecular formula is C53H48B2N4O3. The van der Waals surface area contributed by atoms with E-state index in [1.165, 1.54) is 94.7 Å². The number of nitrogens with zero attached hydrogens (tertiary/aromatic N) is 3. The number of fused-ring (bicyclic) bond motifs is 10. The topological polar surface area (TPSA) is 60.2 Å². The van der Waals surface area contributed by atoms with E-state index in [1.54, 1.807) is 0 Å². The minimum atomic E-state index is -0.253. The van der Waals surface area contributed by atoms with E-state index in [2.05, 4.69) is 136 Å². The third-order valence-electron chi connectivity index (χ3n) is 15.5. The highest BCUT2D eigenvalue weighted by molar-refractivity contribution is 6.90. The number of hydrogen-bond acceptors (Lipinski definition) is 6. The summed E-state index contributed by atoms with van der Waals surface area (Å²) in [5.74, 6) is 4.99. The van der Waals surface area contributed by atoms with Crippen molar-refractivity contribution in [3.8, 4) is 17.2 Å². The standard InChI is InChI=1S/C53H48B2N4O3/c1-3-15-32(16-4-1)56-33-27-47-51-48(28-33)62-53-41(55(51)39-22-10-14-26-46(39)60-47)31-40-52(57-53)59(34-17-5-2-6-18-34)44-29-35(30-49-50(44)54(40)38-21-9-13-25-45(38)61-49)58-42-23-11-7-19-36(42)37-20-8-12-24-43(37)58/h2,5-7,9,11-13,17-19,21,23-25,27-32,40,48,51-52,56H,1,3-4,8,10,14-16,20,22,26H2. The maximum atomic E-state index is 7.28. The van der Waals surface area contributed by atoms with Gasteiger partial charge in [-0.05, 0) is 115 Å². The molecule has 4 aromatic carbocycles. The molecule has 1 aromatic heterocycles. The molecule has 6 heterocycles. The molecule has 0 bridgehead atoms. The van der Waals surface area contributed by atoms with Gasteiger partial charge < -0.3 is 29.0 Å². The van der Waals surface area contributed by atoms with Crippen LogP contribution in [0, 0.1) is 0 Å². The lowest BCUT2D eigenvalue weighted by molar-refractivity contribution is 0.172. The second-order valence-corrected chi connectivity index (χ2v) is 18.9. The second kappa shape index (κ2) is 13.7. The number of anilines is 2. The van der Waals surface area contributed by atoms with E-state index in [1.807, 2.05) is 0 Å². The largest absolute Gasteiger partial charge is 0.471 e. The number of dihydropyridines is 1. The number of aliphatic imine (C=N–C) groups is 1. The van der Waals surface area contributed by atoms with Crippen molar-refractivity contribution in [2.24, 2.45) is 4.99 Å². The third-order valence-corrected chi connectivity index (χ3v) is 15.5. The van der Waals surface area contributed by atoms with Crippen molar-refractivity contribution in [2.75, 3.05) is 4.90 Å². The van der Waals surface area contributed by atoms with Gasteiger partial charge in [0.15, 0.2) is 0 Å². The molecule has 2 fully saturated rings. The van der Waals surface area contributed by atoms with E-state index in [-0.39, 0.29) is 37.3 Å². The number of ether oxygens (including phenoxy) is 3. The summed E-state index contributed by atoms with van der Waals surface area (Å²) in [6, 6.07) is 33.7. The normalized spacial score (nSPS) is 25.2. The van der Waals surface area contributed by atoms with E-state index in [0.29, 0.717) is 6.04 Å². The summed E-state index contributed by atoms with van der Waals surface area (Å²) >= 11 is 0. The Bertz CT molecular complexity index is 2920. The quantitative estimate of drug-likeness (QED) is 0.183. The second-order valence-electron chi connectivity index (χ2n) is 18.9. The Kier molecular flexibility index (Phi) is 7.85. The lowest BCUT2D eigenvalue weighted by Crippen LogP contribution is -2.61. The molecule has 9 heteroatoms. The van der Waals surface area contributed by atoms with E-state index < -0.39 is 0 Å². The van der Waals surface area contributed by atoms with Crippen molar-refractivity contribution in [3.63, 3.8) is 0 Å². The molecule has 4 atom stereocenters. The molecule has 5 aliphatic heterocycles. The fourth-order valence-corrected chi connectivity index (χ4v) is 12.9. The van der Waals surface area contributed by atoms with Gasteiger partial charge in [0.2, 0.25) is 19.3 Å². The maximum Gasteiger partial charge on any atom is 0.232 e. The van der Waals surface area contributed by atoms with Crippen molar-refractivity contribution < 1.29 is 14.2 Å². The zero-order valence-corrected chi connectivity index (χ0v) is 34.9. The Morgan fingerprint density at radius 2 is 1.61 bits per heavy atom. The average Bonchev–Trinajstić information content (AvgIpc) is 3.65. The molecule has 0 amide bonds. The van der Waals surface area contributed by atoms with Crippen LogP contribution in [-0.2, 0) is 15.9 Å². The zero-order chi connectivity index (χ0) is 40.5. The summed E-state index contributed by atoms with van der Waals surface area (Å²) in [5.41, 5.74) is 13.5. The van der Waals surface area contributed by atoms with Gasteiger partial charge in [-0.1, -0.05) is 91.5 Å². The fraction of sp³-hybridized carbons (Fsp3) is 0.302. The molecule has 14 rings (SSSR count). The maximum absolute atomic E-state index is 7.28. The van der Waals surface area contributed by atoms with Gasteiger partial charge in [0, 0.05) is 58.3 Å². The number of allylic oxidation sites excluding steroid dienone is 4. The van der Waals surface area contributed by atoms with Gasteiger partial charge in [0.25, 0.3) is 0 Å². The molecule has 4 unspecified atom stereocenters. The molecule has 1 N–H and O–H groups in total. The Morgan fingerprint density at radius 1 is 0.758 bits per heavy atom. The molecule has 5 aromatic rings. The minimum absolute atomic E-state index is 0.0185. The van der Waals surface area contributed by atoms with Crippen molar-refractivity contribution in [1.29, 1.82) is 0 Å². The van der Waals surface area contributed by atoms with Gasteiger partial charge >= 0.3 is 0 Å². The summed E-state index contributed by atoms with van der Waals surface area (Å²) in [6.45, 7) is 0.197. The first-order valence-corrected chi connectivity index (χ1v) is 23.4. The van der Waals surface area contributed by atoms with Gasteiger partial charge in [0.05, 0.1) is 17.0 Å². The lowest BCUT2D eigenvalue weighted by atomic mass is 9.25. The minimum Gasteiger partial charge on any atom is -0.471 e. The molecule has 0 radical (unpaired) electrons. The van der Waals surface area contributed by atoms with Gasteiger partial charge in [-0.3, -0.25) is 0 Å². The summed E-state index contributed by atoms with van der Waals surface area (Å²) in [6.07, 6.45) is 24.3. The van der Waals surface area contributed by atoms with Crippen LogP contribution >= 0.6 is 0 Å². The zero-order valence-electron chi connectivity index (χ0n) is 34.9. The third kappa shape index (κ3) is 5.23. The number of benzene rings is 4. The van der Waals surface area contributed by atoms with Gasteiger partial charge in [-0.15, -0.1) is 0 Å². The van der Waals surface area contributed by atoms with E-state index >= 15 is 0 Å². The number of aryl methyl sites for hydroxylation is 1. The highest BCUT2D eigenvalue weighted by atomic mass is 16.5. The highest BCUT2D eigenvalue weighted by Crippen LogP contribution is 2.54. The molecule has 1 saturated heterocycles. The van der Waals surface area contributed by atoms with Crippen LogP contribution in [0.3, 0.4) is 0 Å². The van der Waals surface area contributed by atoms with Gasteiger partial charge in [-0.2, -0.15) is 0 Å². The molecule has 7 nitrogen and oxygen atoms in total. The van der Waals surface area contributed by atoms with E-state index in [4.69, 9.17) is 19.2 Å². The van der Waals surface area contributed by atoms with Crippen LogP contribution < -0.4 is 25.9 Å². The Balaban J connectivity index is 0.980. The smallest absolute Gasteiger partial charge is 0.232 e. The Morgan fingerprint density at radius 3 is 2.55 bits per heavy atom. The molecule has 304 valence electrons. The molecule has 4 aliphatic carbocycles. The first-order chi connectivity index (χ1) is 30.7. The van der Waals surface area contributed by atoms with Crippen LogP contribution in [0.1, 0.15) is 75.5 Å². The monoisotopic (exact) mass is 810 g/mol. The van der Waals surface area contributed by atoms with Crippen molar-refractivity contribution >= 4 is 58.6 Å². The van der Waals surface area contributed by atoms with Crippen LogP contribution in [0.4, 0.5) is 11.4 Å². The predicted octanol–water partition coefficient (Wildman–Crippen LogP) is 10.4. The molecule has 9 aliphatic rings. The van der Waals surface area contributed by atoms with Crippen molar-refractivity contribution in [2.45, 2.75) is 101 Å². The number of rotatable bonds is 4. The summed E-state index contributed by atoms with van der Waals surface area (Å²) in [4.78, 5) is 8.40. The number of aromatic nitrogens is 1. The summed E-state index contributed by atoms with van der Waals surface area (Å²) in [5, 5.41) is 5.25. The first kappa shape index (κ1) is 35.5. The van der Waals surface area contributed by atoms with Crippen LogP contribution in [0.5, 0.6) is 11.5 Å². The van der Waals surface area contributed by atoms with Gasteiger partial charge in [-0.25, -0.2) is 4.99 Å². The average molecular weight is 811 g/mol. The molecule has 62 heavy (non-hydrogen) atoms. The van der Waals surface area contributed by atoms with Crippen LogP contribution in [0.25, 0.3) is 22.7 Å². The number of hydrogen-bond donors (Lipinski definition) is 1. The Hall–Kier alpha value is -6.08. The van der Waals surface area contributed by atoms with Crippen molar-refractivity contribution in [3.05, 3.63) is 155 Å². The summed E-state index contributed by atoms with van der Waals surface area (Å²) in [7, 11) is 0. The molecule has 0 spiro atoms. The van der Waals surface area contributed by atoms with Crippen LogP contribution in [-0.4, -0.2) is 42.2 Å². The predicted molar refractivity (Wildman–Crippen MR) is 251 cm³/mol. The van der Waals surface area contributed by atoms with E-state index in [0.717, 1.165) is 71.6 Å².